The molecule has 2 N–H and O–H groups in total. The number of benzene rings is 2. The molecule has 1 saturated heterocycles. The molecule has 2 aromatic carbocycles. The summed E-state index contributed by atoms with van der Waals surface area (Å²) in [5, 5.41) is 15.7. The Morgan fingerprint density at radius 3 is 2.19 bits per heavy atom. The van der Waals surface area contributed by atoms with Crippen LogP contribution in [-0.2, 0) is 21.3 Å². The molecule has 0 radical (unpaired) electrons. The van der Waals surface area contributed by atoms with Gasteiger partial charge in [0.2, 0.25) is 5.91 Å². The molecule has 4 amide bonds. The first-order valence-electron chi connectivity index (χ1n) is 9.23. The van der Waals surface area contributed by atoms with Gasteiger partial charge in [0, 0.05) is 17.8 Å². The van der Waals surface area contributed by atoms with Crippen LogP contribution < -0.4 is 10.6 Å². The van der Waals surface area contributed by atoms with Crippen molar-refractivity contribution >= 4 is 29.2 Å². The largest absolute Gasteiger partial charge is 0.416 e. The number of hydrogen-bond donors (Lipinski definition) is 2. The smallest absolute Gasteiger partial charge is 0.324 e. The lowest BCUT2D eigenvalue weighted by Crippen LogP contribution is -2.47. The van der Waals surface area contributed by atoms with E-state index in [1.165, 1.54) is 38.1 Å². The number of nitro groups is 1. The third-order valence-electron chi connectivity index (χ3n) is 5.12. The highest BCUT2D eigenvalue weighted by molar-refractivity contribution is 6.11. The molecule has 32 heavy (non-hydrogen) atoms. The monoisotopic (exact) mass is 450 g/mol. The van der Waals surface area contributed by atoms with Crippen molar-refractivity contribution in [2.24, 2.45) is 0 Å². The molecule has 0 aromatic heterocycles. The lowest BCUT2D eigenvalue weighted by Gasteiger charge is -2.24. The van der Waals surface area contributed by atoms with E-state index in [4.69, 9.17) is 0 Å². The molecule has 1 heterocycles. The van der Waals surface area contributed by atoms with E-state index in [1.54, 1.807) is 0 Å². The van der Waals surface area contributed by atoms with E-state index in [2.05, 4.69) is 10.6 Å². The molecule has 1 aliphatic rings. The topological polar surface area (TPSA) is 122 Å². The van der Waals surface area contributed by atoms with Gasteiger partial charge in [-0.1, -0.05) is 0 Å². The number of rotatable bonds is 5. The van der Waals surface area contributed by atoms with Crippen LogP contribution in [0.1, 0.15) is 25.0 Å². The number of imide groups is 1. The first kappa shape index (κ1) is 22.7. The third kappa shape index (κ3) is 4.11. The SMILES string of the molecule is C[C@@H](C(=O)Nc1ccc(C(F)(F)F)cc1)N1C(=O)N[C@@](C)(c2ccc([N+](=O)[O-])cc2)C1=O. The van der Waals surface area contributed by atoms with Gasteiger partial charge in [-0.25, -0.2) is 9.69 Å². The Bertz CT molecular complexity index is 1090. The van der Waals surface area contributed by atoms with E-state index >= 15 is 0 Å². The van der Waals surface area contributed by atoms with Crippen molar-refractivity contribution in [2.75, 3.05) is 5.32 Å². The van der Waals surface area contributed by atoms with Crippen molar-refractivity contribution in [3.05, 3.63) is 69.8 Å². The van der Waals surface area contributed by atoms with Crippen LogP contribution in [0.3, 0.4) is 0 Å². The first-order valence-corrected chi connectivity index (χ1v) is 9.23. The van der Waals surface area contributed by atoms with E-state index in [0.717, 1.165) is 24.3 Å². The van der Waals surface area contributed by atoms with Crippen LogP contribution in [0.5, 0.6) is 0 Å². The summed E-state index contributed by atoms with van der Waals surface area (Å²) in [7, 11) is 0. The number of non-ortho nitro benzene ring substituents is 1. The van der Waals surface area contributed by atoms with Gasteiger partial charge in [-0.15, -0.1) is 0 Å². The summed E-state index contributed by atoms with van der Waals surface area (Å²) in [4.78, 5) is 49.0. The number of amides is 4. The van der Waals surface area contributed by atoms with Crippen molar-refractivity contribution < 1.29 is 32.5 Å². The highest BCUT2D eigenvalue weighted by atomic mass is 19.4. The Kier molecular flexibility index (Phi) is 5.64. The summed E-state index contributed by atoms with van der Waals surface area (Å²) in [6, 6.07) is 6.57. The van der Waals surface area contributed by atoms with Gasteiger partial charge in [0.05, 0.1) is 10.5 Å². The van der Waals surface area contributed by atoms with Crippen molar-refractivity contribution in [1.82, 2.24) is 10.2 Å². The Morgan fingerprint density at radius 1 is 1.12 bits per heavy atom. The van der Waals surface area contributed by atoms with Crippen molar-refractivity contribution in [2.45, 2.75) is 31.6 Å². The van der Waals surface area contributed by atoms with Crippen LogP contribution in [0.25, 0.3) is 0 Å². The number of nitro benzene ring substituents is 1. The second kappa shape index (κ2) is 7.94. The predicted octanol–water partition coefficient (Wildman–Crippen LogP) is 3.41. The Morgan fingerprint density at radius 2 is 1.69 bits per heavy atom. The fourth-order valence-electron chi connectivity index (χ4n) is 3.23. The Labute approximate surface area is 179 Å². The van der Waals surface area contributed by atoms with Crippen molar-refractivity contribution in [3.63, 3.8) is 0 Å². The number of halogens is 3. The number of carbonyl (C=O) groups is 3. The van der Waals surface area contributed by atoms with Crippen LogP contribution >= 0.6 is 0 Å². The minimum Gasteiger partial charge on any atom is -0.324 e. The number of hydrogen-bond acceptors (Lipinski definition) is 5. The molecular formula is C20H17F3N4O5. The second-order valence-corrected chi connectivity index (χ2v) is 7.27. The molecule has 2 aromatic rings. The summed E-state index contributed by atoms with van der Waals surface area (Å²) >= 11 is 0. The van der Waals surface area contributed by atoms with E-state index in [9.17, 15) is 37.7 Å². The molecule has 0 unspecified atom stereocenters. The van der Waals surface area contributed by atoms with Gasteiger partial charge in [0.1, 0.15) is 11.6 Å². The zero-order valence-electron chi connectivity index (χ0n) is 16.8. The average molecular weight is 450 g/mol. The van der Waals surface area contributed by atoms with Gasteiger partial charge in [0.15, 0.2) is 0 Å². The number of nitrogens with one attached hydrogen (secondary N) is 2. The van der Waals surface area contributed by atoms with Crippen LogP contribution in [0.15, 0.2) is 48.5 Å². The molecular weight excluding hydrogens is 433 g/mol. The third-order valence-corrected chi connectivity index (χ3v) is 5.12. The molecule has 2 atom stereocenters. The van der Waals surface area contributed by atoms with E-state index in [1.807, 2.05) is 0 Å². The molecule has 168 valence electrons. The Balaban J connectivity index is 1.77. The lowest BCUT2D eigenvalue weighted by atomic mass is 9.91. The minimum absolute atomic E-state index is 0.0556. The van der Waals surface area contributed by atoms with Crippen molar-refractivity contribution in [1.29, 1.82) is 0 Å². The highest BCUT2D eigenvalue weighted by Crippen LogP contribution is 2.32. The predicted molar refractivity (Wildman–Crippen MR) is 105 cm³/mol. The molecule has 0 aliphatic carbocycles. The van der Waals surface area contributed by atoms with E-state index in [-0.39, 0.29) is 16.9 Å². The molecule has 12 heteroatoms. The minimum atomic E-state index is -4.53. The second-order valence-electron chi connectivity index (χ2n) is 7.27. The highest BCUT2D eigenvalue weighted by Gasteiger charge is 2.51. The molecule has 0 saturated carbocycles. The number of urea groups is 1. The molecule has 9 nitrogen and oxygen atoms in total. The van der Waals surface area contributed by atoms with Gasteiger partial charge < -0.3 is 10.6 Å². The normalized spacial score (nSPS) is 19.5. The van der Waals surface area contributed by atoms with Gasteiger partial charge in [-0.2, -0.15) is 13.2 Å². The van der Waals surface area contributed by atoms with Gasteiger partial charge in [-0.05, 0) is 55.8 Å². The summed E-state index contributed by atoms with van der Waals surface area (Å²) in [6.07, 6.45) is -4.53. The standard InChI is InChI=1S/C20H17F3N4O5/c1-11(16(28)24-14-7-3-13(4-8-14)20(21,22)23)26-17(29)19(2,25-18(26)30)12-5-9-15(10-6-12)27(31)32/h3-11H,1-2H3,(H,24,28)(H,25,30)/t11-,19-/m0/s1. The van der Waals surface area contributed by atoms with E-state index < -0.39 is 46.1 Å². The zero-order chi connectivity index (χ0) is 23.8. The lowest BCUT2D eigenvalue weighted by molar-refractivity contribution is -0.384. The number of anilines is 1. The maximum Gasteiger partial charge on any atom is 0.416 e. The molecule has 0 spiro atoms. The van der Waals surface area contributed by atoms with Crippen LogP contribution in [-0.4, -0.2) is 33.7 Å². The van der Waals surface area contributed by atoms with Crippen LogP contribution in [0.2, 0.25) is 0 Å². The average Bonchev–Trinajstić information content (AvgIpc) is 2.96. The zero-order valence-corrected chi connectivity index (χ0v) is 16.8. The summed E-state index contributed by atoms with van der Waals surface area (Å²) in [5.74, 6) is -1.55. The summed E-state index contributed by atoms with van der Waals surface area (Å²) in [6.45, 7) is 2.69. The number of carbonyl (C=O) groups excluding carboxylic acids is 3. The fourth-order valence-corrected chi connectivity index (χ4v) is 3.23. The first-order chi connectivity index (χ1) is 14.8. The molecule has 1 fully saturated rings. The van der Waals surface area contributed by atoms with Gasteiger partial charge in [0.25, 0.3) is 11.6 Å². The number of nitrogens with zero attached hydrogens (tertiary/aromatic N) is 2. The van der Waals surface area contributed by atoms with Crippen LogP contribution in [0, 0.1) is 10.1 Å². The molecule has 1 aliphatic heterocycles. The van der Waals surface area contributed by atoms with Gasteiger partial charge >= 0.3 is 12.2 Å². The molecule has 3 rings (SSSR count). The summed E-state index contributed by atoms with van der Waals surface area (Å²) in [5.41, 5.74) is -2.32. The summed E-state index contributed by atoms with van der Waals surface area (Å²) < 4.78 is 38.0. The fraction of sp³-hybridized carbons (Fsp3) is 0.250. The van der Waals surface area contributed by atoms with E-state index in [0.29, 0.717) is 4.90 Å². The Hall–Kier alpha value is -3.96. The maximum absolute atomic E-state index is 13.0. The van der Waals surface area contributed by atoms with Crippen molar-refractivity contribution in [3.8, 4) is 0 Å². The number of alkyl halides is 3. The van der Waals surface area contributed by atoms with Gasteiger partial charge in [-0.3, -0.25) is 19.7 Å². The quantitative estimate of drug-likeness (QED) is 0.411. The molecule has 0 bridgehead atoms. The van der Waals surface area contributed by atoms with Crippen LogP contribution in [0.4, 0.5) is 29.3 Å². The maximum atomic E-state index is 13.0.